The van der Waals surface area contributed by atoms with Crippen molar-refractivity contribution in [2.75, 3.05) is 19.8 Å². The Morgan fingerprint density at radius 2 is 1.88 bits per heavy atom. The van der Waals surface area contributed by atoms with Gasteiger partial charge in [0.05, 0.1) is 25.3 Å². The number of hydrogen-bond acceptors (Lipinski definition) is 6. The molecule has 178 valence electrons. The van der Waals surface area contributed by atoms with Crippen molar-refractivity contribution in [2.24, 2.45) is 0 Å². The van der Waals surface area contributed by atoms with Gasteiger partial charge < -0.3 is 4.74 Å². The molecule has 2 atom stereocenters. The average Bonchev–Trinajstić information content (AvgIpc) is 3.21. The molecule has 2 aromatic rings. The Bertz CT molecular complexity index is 1030. The van der Waals surface area contributed by atoms with E-state index >= 15 is 0 Å². The van der Waals surface area contributed by atoms with Crippen molar-refractivity contribution in [1.82, 2.24) is 30.5 Å². The van der Waals surface area contributed by atoms with Crippen molar-refractivity contribution in [3.63, 3.8) is 0 Å². The van der Waals surface area contributed by atoms with Crippen LogP contribution in [0.15, 0.2) is 30.6 Å². The van der Waals surface area contributed by atoms with Gasteiger partial charge in [-0.2, -0.15) is 13.2 Å². The fourth-order valence-electron chi connectivity index (χ4n) is 3.42. The topological polar surface area (TPSA) is 101 Å². The number of ether oxygens (including phenoxy) is 1. The van der Waals surface area contributed by atoms with Crippen LogP contribution in [0.25, 0.3) is 17.6 Å². The van der Waals surface area contributed by atoms with Gasteiger partial charge >= 0.3 is 6.18 Å². The maximum atomic E-state index is 13.0. The van der Waals surface area contributed by atoms with Crippen LogP contribution in [0.3, 0.4) is 0 Å². The first-order valence-corrected chi connectivity index (χ1v) is 10.2. The third kappa shape index (κ3) is 6.62. The number of morpholine rings is 1. The highest BCUT2D eigenvalue weighted by atomic mass is 19.4. The molecule has 2 heterocycles. The van der Waals surface area contributed by atoms with Crippen LogP contribution in [-0.2, 0) is 20.5 Å². The minimum absolute atomic E-state index is 0.0799. The van der Waals surface area contributed by atoms with E-state index in [0.29, 0.717) is 18.8 Å². The standard InChI is InChI=1S/C21H25F3N6O3/c1-13-6-16(8-17(7-13)21(22,23)24)20-25-12-29(28-20)5-4-18(31)26-27-19(32)9-30-14(2)10-33-11-15(30)3/h4-8,12,14-15H,9-11H2,1-3H3,(H,26,31)(H,27,32)/b5-4-. The van der Waals surface area contributed by atoms with Gasteiger partial charge in [0, 0.05) is 29.9 Å². The molecule has 0 saturated carbocycles. The molecule has 0 bridgehead atoms. The van der Waals surface area contributed by atoms with Crippen molar-refractivity contribution in [3.05, 3.63) is 41.7 Å². The molecule has 33 heavy (non-hydrogen) atoms. The highest BCUT2D eigenvalue weighted by Crippen LogP contribution is 2.32. The molecule has 1 aliphatic rings. The Hall–Kier alpha value is -3.25. The normalized spacial score (nSPS) is 19.6. The molecule has 2 N–H and O–H groups in total. The van der Waals surface area contributed by atoms with Crippen LogP contribution in [0.1, 0.15) is 25.0 Å². The molecule has 1 aromatic carbocycles. The molecule has 1 saturated heterocycles. The molecule has 2 unspecified atom stereocenters. The van der Waals surface area contributed by atoms with Gasteiger partial charge in [-0.3, -0.25) is 25.3 Å². The van der Waals surface area contributed by atoms with Gasteiger partial charge in [0.15, 0.2) is 5.82 Å². The number of carbonyl (C=O) groups is 2. The summed E-state index contributed by atoms with van der Waals surface area (Å²) in [6, 6.07) is 3.71. The van der Waals surface area contributed by atoms with Crippen molar-refractivity contribution in [3.8, 4) is 11.4 Å². The van der Waals surface area contributed by atoms with Gasteiger partial charge in [0.25, 0.3) is 11.8 Å². The smallest absolute Gasteiger partial charge is 0.378 e. The lowest BCUT2D eigenvalue weighted by Crippen LogP contribution is -2.54. The lowest BCUT2D eigenvalue weighted by molar-refractivity contribution is -0.137. The summed E-state index contributed by atoms with van der Waals surface area (Å²) in [5.74, 6) is -0.907. The monoisotopic (exact) mass is 466 g/mol. The molecule has 0 spiro atoms. The number of nitrogens with one attached hydrogen (secondary N) is 2. The van der Waals surface area contributed by atoms with Gasteiger partial charge in [0.1, 0.15) is 6.33 Å². The fraction of sp³-hybridized carbons (Fsp3) is 0.429. The second-order valence-corrected chi connectivity index (χ2v) is 7.89. The maximum absolute atomic E-state index is 13.0. The van der Waals surface area contributed by atoms with Gasteiger partial charge in [-0.1, -0.05) is 0 Å². The van der Waals surface area contributed by atoms with Crippen LogP contribution in [0.4, 0.5) is 13.2 Å². The number of carbonyl (C=O) groups excluding carboxylic acids is 2. The quantitative estimate of drug-likeness (QED) is 0.517. The first-order chi connectivity index (χ1) is 15.5. The van der Waals surface area contributed by atoms with Gasteiger partial charge in [-0.05, 0) is 44.5 Å². The number of halogens is 3. The Morgan fingerprint density at radius 1 is 1.18 bits per heavy atom. The molecule has 9 nitrogen and oxygen atoms in total. The number of hydrogen-bond donors (Lipinski definition) is 2. The van der Waals surface area contributed by atoms with Crippen LogP contribution in [0.5, 0.6) is 0 Å². The molecule has 12 heteroatoms. The average molecular weight is 466 g/mol. The van der Waals surface area contributed by atoms with E-state index < -0.39 is 17.6 Å². The Labute approximate surface area is 188 Å². The molecular weight excluding hydrogens is 441 g/mol. The fourth-order valence-corrected chi connectivity index (χ4v) is 3.42. The van der Waals surface area contributed by atoms with E-state index in [2.05, 4.69) is 20.9 Å². The summed E-state index contributed by atoms with van der Waals surface area (Å²) in [5.41, 5.74) is 4.45. The molecular formula is C21H25F3N6O3. The zero-order chi connectivity index (χ0) is 24.2. The van der Waals surface area contributed by atoms with Crippen molar-refractivity contribution in [1.29, 1.82) is 0 Å². The Morgan fingerprint density at radius 3 is 2.55 bits per heavy atom. The van der Waals surface area contributed by atoms with Crippen LogP contribution in [0.2, 0.25) is 0 Å². The maximum Gasteiger partial charge on any atom is 0.416 e. The van der Waals surface area contributed by atoms with E-state index in [9.17, 15) is 22.8 Å². The predicted molar refractivity (Wildman–Crippen MR) is 113 cm³/mol. The zero-order valence-electron chi connectivity index (χ0n) is 18.4. The third-order valence-electron chi connectivity index (χ3n) is 5.05. The molecule has 2 amide bonds. The van der Waals surface area contributed by atoms with Gasteiger partial charge in [-0.25, -0.2) is 9.67 Å². The van der Waals surface area contributed by atoms with Crippen molar-refractivity contribution >= 4 is 18.0 Å². The molecule has 1 aliphatic heterocycles. The van der Waals surface area contributed by atoms with Crippen molar-refractivity contribution in [2.45, 2.75) is 39.0 Å². The first kappa shape index (κ1) is 24.4. The molecule has 0 aliphatic carbocycles. The minimum atomic E-state index is -4.48. The summed E-state index contributed by atoms with van der Waals surface area (Å²) in [4.78, 5) is 30.1. The lowest BCUT2D eigenvalue weighted by Gasteiger charge is -2.38. The number of rotatable bonds is 5. The first-order valence-electron chi connectivity index (χ1n) is 10.2. The van der Waals surface area contributed by atoms with Crippen LogP contribution < -0.4 is 10.9 Å². The largest absolute Gasteiger partial charge is 0.416 e. The number of aryl methyl sites for hydroxylation is 1. The van der Waals surface area contributed by atoms with Crippen LogP contribution >= 0.6 is 0 Å². The van der Waals surface area contributed by atoms with E-state index in [1.807, 2.05) is 18.7 Å². The lowest BCUT2D eigenvalue weighted by atomic mass is 10.1. The van der Waals surface area contributed by atoms with Crippen LogP contribution in [-0.4, -0.2) is 63.3 Å². The Balaban J connectivity index is 1.55. The highest BCUT2D eigenvalue weighted by Gasteiger charge is 2.31. The summed E-state index contributed by atoms with van der Waals surface area (Å²) in [7, 11) is 0. The summed E-state index contributed by atoms with van der Waals surface area (Å²) in [5, 5.41) is 4.07. The number of aromatic nitrogens is 3. The second-order valence-electron chi connectivity index (χ2n) is 7.89. The minimum Gasteiger partial charge on any atom is -0.378 e. The number of amides is 2. The van der Waals surface area contributed by atoms with Crippen LogP contribution in [0, 0.1) is 6.92 Å². The second kappa shape index (κ2) is 10.1. The van der Waals surface area contributed by atoms with Gasteiger partial charge in [0.2, 0.25) is 0 Å². The number of benzene rings is 1. The van der Waals surface area contributed by atoms with E-state index in [0.717, 1.165) is 18.2 Å². The summed E-state index contributed by atoms with van der Waals surface area (Å²) < 4.78 is 45.7. The van der Waals surface area contributed by atoms with E-state index in [-0.39, 0.29) is 35.9 Å². The molecule has 3 rings (SSSR count). The van der Waals surface area contributed by atoms with E-state index in [1.54, 1.807) is 6.92 Å². The van der Waals surface area contributed by atoms with E-state index in [4.69, 9.17) is 4.74 Å². The number of alkyl halides is 3. The predicted octanol–water partition coefficient (Wildman–Crippen LogP) is 2.00. The van der Waals surface area contributed by atoms with Crippen molar-refractivity contribution < 1.29 is 27.5 Å². The molecule has 0 radical (unpaired) electrons. The SMILES string of the molecule is Cc1cc(-c2ncn(/C=C\C(=O)NNC(=O)CN3C(C)COCC3C)n2)cc(C(F)(F)F)c1. The summed E-state index contributed by atoms with van der Waals surface area (Å²) in [6.07, 6.45) is -0.848. The van der Waals surface area contributed by atoms with E-state index in [1.165, 1.54) is 23.3 Å². The molecule has 1 fully saturated rings. The number of hydrazine groups is 1. The number of nitrogens with zero attached hydrogens (tertiary/aromatic N) is 4. The Kier molecular flexibility index (Phi) is 7.49. The molecule has 1 aromatic heterocycles. The third-order valence-corrected chi connectivity index (χ3v) is 5.05. The summed E-state index contributed by atoms with van der Waals surface area (Å²) >= 11 is 0. The highest BCUT2D eigenvalue weighted by molar-refractivity contribution is 5.91. The summed E-state index contributed by atoms with van der Waals surface area (Å²) in [6.45, 7) is 6.64. The zero-order valence-corrected chi connectivity index (χ0v) is 18.4. The van der Waals surface area contributed by atoms with Gasteiger partial charge in [-0.15, -0.1) is 5.10 Å².